The first-order valence-corrected chi connectivity index (χ1v) is 8.33. The van der Waals surface area contributed by atoms with Gasteiger partial charge >= 0.3 is 5.97 Å². The van der Waals surface area contributed by atoms with Gasteiger partial charge in [-0.2, -0.15) is 0 Å². The molecule has 1 atom stereocenters. The van der Waals surface area contributed by atoms with Gasteiger partial charge in [0.15, 0.2) is 5.78 Å². The Hall–Kier alpha value is -2.10. The molecule has 0 aliphatic heterocycles. The van der Waals surface area contributed by atoms with Crippen LogP contribution in [0.3, 0.4) is 0 Å². The maximum Gasteiger partial charge on any atom is 0.321 e. The zero-order valence-electron chi connectivity index (χ0n) is 15.1. The molecule has 1 aromatic carbocycles. The van der Waals surface area contributed by atoms with E-state index in [2.05, 4.69) is 0 Å². The zero-order chi connectivity index (χ0) is 18.0. The zero-order valence-corrected chi connectivity index (χ0v) is 15.1. The molecule has 0 N–H and O–H groups in total. The average Bonchev–Trinajstić information content (AvgIpc) is 2.79. The Morgan fingerprint density at radius 1 is 1.29 bits per heavy atom. The molecule has 0 amide bonds. The van der Waals surface area contributed by atoms with Crippen LogP contribution in [0.2, 0.25) is 0 Å². The molecule has 0 fully saturated rings. The van der Waals surface area contributed by atoms with Crippen molar-refractivity contribution in [1.29, 1.82) is 0 Å². The monoisotopic (exact) mass is 330 g/mol. The summed E-state index contributed by atoms with van der Waals surface area (Å²) < 4.78 is 10.8. The minimum atomic E-state index is -1.17. The van der Waals surface area contributed by atoms with Crippen molar-refractivity contribution in [2.75, 3.05) is 7.11 Å². The van der Waals surface area contributed by atoms with Gasteiger partial charge in [0.1, 0.15) is 16.8 Å². The van der Waals surface area contributed by atoms with Crippen molar-refractivity contribution < 1.29 is 19.1 Å². The second-order valence-electron chi connectivity index (χ2n) is 7.20. The van der Waals surface area contributed by atoms with Gasteiger partial charge in [-0.1, -0.05) is 19.1 Å². The third kappa shape index (κ3) is 3.53. The number of benzene rings is 1. The van der Waals surface area contributed by atoms with Crippen molar-refractivity contribution in [1.82, 2.24) is 0 Å². The Balaban J connectivity index is 2.43. The van der Waals surface area contributed by atoms with E-state index >= 15 is 0 Å². The number of rotatable bonds is 5. The molecule has 0 saturated heterocycles. The van der Waals surface area contributed by atoms with Gasteiger partial charge in [0.05, 0.1) is 7.11 Å². The normalized spacial score (nSPS) is 20.3. The summed E-state index contributed by atoms with van der Waals surface area (Å²) in [5, 5.41) is 0. The third-order valence-electron chi connectivity index (χ3n) is 4.14. The fourth-order valence-electron chi connectivity index (χ4n) is 2.97. The molecule has 0 unspecified atom stereocenters. The van der Waals surface area contributed by atoms with Crippen LogP contribution in [-0.4, -0.2) is 24.5 Å². The largest absolute Gasteiger partial charge is 0.497 e. The number of ether oxygens (including phenoxy) is 2. The maximum atomic E-state index is 13.1. The number of hydrogen-bond donors (Lipinski definition) is 0. The maximum absolute atomic E-state index is 13.1. The number of ketones is 1. The number of allylic oxidation sites excluding steroid dienone is 2. The van der Waals surface area contributed by atoms with Gasteiger partial charge in [0.25, 0.3) is 0 Å². The summed E-state index contributed by atoms with van der Waals surface area (Å²) in [6.07, 6.45) is 5.44. The minimum Gasteiger partial charge on any atom is -0.497 e. The predicted molar refractivity (Wildman–Crippen MR) is 93.4 cm³/mol. The van der Waals surface area contributed by atoms with Crippen molar-refractivity contribution >= 4 is 11.8 Å². The van der Waals surface area contributed by atoms with E-state index in [1.807, 2.05) is 45.9 Å². The number of methoxy groups -OCH3 is 1. The highest BCUT2D eigenvalue weighted by Gasteiger charge is 2.52. The Morgan fingerprint density at radius 2 is 2.00 bits per heavy atom. The topological polar surface area (TPSA) is 52.6 Å². The highest BCUT2D eigenvalue weighted by atomic mass is 16.6. The number of hydrogen-bond acceptors (Lipinski definition) is 4. The quantitative estimate of drug-likeness (QED) is 0.463. The van der Waals surface area contributed by atoms with E-state index in [0.717, 1.165) is 12.0 Å². The molecular formula is C20H26O4. The Kier molecular flexibility index (Phi) is 5.16. The highest BCUT2D eigenvalue weighted by Crippen LogP contribution is 2.43. The lowest BCUT2D eigenvalue weighted by Gasteiger charge is -2.29. The minimum absolute atomic E-state index is 0.157. The molecule has 0 radical (unpaired) electrons. The van der Waals surface area contributed by atoms with Gasteiger partial charge in [-0.3, -0.25) is 9.59 Å². The van der Waals surface area contributed by atoms with Crippen molar-refractivity contribution in [3.05, 3.63) is 41.5 Å². The van der Waals surface area contributed by atoms with Crippen LogP contribution in [0.15, 0.2) is 30.4 Å². The summed E-state index contributed by atoms with van der Waals surface area (Å²) >= 11 is 0. The molecule has 1 aromatic rings. The van der Waals surface area contributed by atoms with E-state index in [-0.39, 0.29) is 5.78 Å². The first-order chi connectivity index (χ1) is 11.2. The van der Waals surface area contributed by atoms with Gasteiger partial charge in [0.2, 0.25) is 0 Å². The number of carbonyl (C=O) groups excluding carboxylic acids is 2. The van der Waals surface area contributed by atoms with Crippen LogP contribution in [0.25, 0.3) is 0 Å². The standard InChI is InChI=1S/C20H26O4/c1-6-7-8-11-20(18(22)24-19(2,3)4)13-14-12-15(23-5)9-10-16(14)17(20)21/h7-10,12H,6,11,13H2,1-5H3/b8-7-/t20-/m0/s1. The molecule has 4 nitrogen and oxygen atoms in total. The first kappa shape index (κ1) is 18.2. The second kappa shape index (κ2) is 6.80. The molecule has 2 rings (SSSR count). The van der Waals surface area contributed by atoms with Gasteiger partial charge in [0, 0.05) is 5.56 Å². The molecule has 0 heterocycles. The van der Waals surface area contributed by atoms with E-state index in [1.165, 1.54) is 0 Å². The van der Waals surface area contributed by atoms with Crippen LogP contribution in [0.1, 0.15) is 56.5 Å². The fourth-order valence-corrected chi connectivity index (χ4v) is 2.97. The van der Waals surface area contributed by atoms with E-state index < -0.39 is 17.0 Å². The van der Waals surface area contributed by atoms with Crippen LogP contribution < -0.4 is 4.74 Å². The van der Waals surface area contributed by atoms with Crippen LogP contribution in [0.5, 0.6) is 5.75 Å². The smallest absolute Gasteiger partial charge is 0.321 e. The number of fused-ring (bicyclic) bond motifs is 1. The average molecular weight is 330 g/mol. The third-order valence-corrected chi connectivity index (χ3v) is 4.14. The molecule has 0 spiro atoms. The summed E-state index contributed by atoms with van der Waals surface area (Å²) in [4.78, 5) is 26.0. The van der Waals surface area contributed by atoms with E-state index in [0.29, 0.717) is 24.2 Å². The molecule has 1 aliphatic rings. The molecule has 0 aromatic heterocycles. The van der Waals surface area contributed by atoms with Gasteiger partial charge in [-0.15, -0.1) is 0 Å². The highest BCUT2D eigenvalue weighted by molar-refractivity contribution is 6.16. The lowest BCUT2D eigenvalue weighted by Crippen LogP contribution is -2.42. The summed E-state index contributed by atoms with van der Waals surface area (Å²) in [7, 11) is 1.59. The van der Waals surface area contributed by atoms with Crippen LogP contribution in [0, 0.1) is 5.41 Å². The molecular weight excluding hydrogens is 304 g/mol. The Labute approximate surface area is 143 Å². The van der Waals surface area contributed by atoms with Crippen molar-refractivity contribution in [3.63, 3.8) is 0 Å². The lowest BCUT2D eigenvalue weighted by molar-refractivity contribution is -0.164. The summed E-state index contributed by atoms with van der Waals surface area (Å²) in [5.41, 5.74) is -0.375. The number of esters is 1. The van der Waals surface area contributed by atoms with Gasteiger partial charge in [-0.05, 0) is 63.8 Å². The lowest BCUT2D eigenvalue weighted by atomic mass is 9.80. The molecule has 130 valence electrons. The molecule has 0 bridgehead atoms. The number of carbonyl (C=O) groups is 2. The summed E-state index contributed by atoms with van der Waals surface area (Å²) in [6, 6.07) is 5.33. The van der Waals surface area contributed by atoms with Crippen molar-refractivity contribution in [3.8, 4) is 5.75 Å². The predicted octanol–water partition coefficient (Wildman–Crippen LogP) is 4.12. The van der Waals surface area contributed by atoms with Crippen LogP contribution >= 0.6 is 0 Å². The molecule has 4 heteroatoms. The van der Waals surface area contributed by atoms with Crippen molar-refractivity contribution in [2.24, 2.45) is 5.41 Å². The summed E-state index contributed by atoms with van der Waals surface area (Å²) in [6.45, 7) is 7.47. The van der Waals surface area contributed by atoms with E-state index in [1.54, 1.807) is 19.2 Å². The molecule has 24 heavy (non-hydrogen) atoms. The summed E-state index contributed by atoms with van der Waals surface area (Å²) in [5.74, 6) is 0.0803. The Bertz CT molecular complexity index is 667. The van der Waals surface area contributed by atoms with Crippen LogP contribution in [-0.2, 0) is 16.0 Å². The first-order valence-electron chi connectivity index (χ1n) is 8.33. The van der Waals surface area contributed by atoms with Crippen molar-refractivity contribution in [2.45, 2.75) is 52.6 Å². The molecule has 0 saturated carbocycles. The number of Topliss-reactive ketones (excluding diaryl/α,β-unsaturated/α-hetero) is 1. The van der Waals surface area contributed by atoms with Gasteiger partial charge < -0.3 is 9.47 Å². The van der Waals surface area contributed by atoms with Crippen LogP contribution in [0.4, 0.5) is 0 Å². The molecule has 1 aliphatic carbocycles. The van der Waals surface area contributed by atoms with E-state index in [9.17, 15) is 9.59 Å². The van der Waals surface area contributed by atoms with Gasteiger partial charge in [-0.25, -0.2) is 0 Å². The second-order valence-corrected chi connectivity index (χ2v) is 7.20. The Morgan fingerprint density at radius 3 is 2.58 bits per heavy atom. The SMILES string of the molecule is CC/C=C\C[C@]1(C(=O)OC(C)(C)C)Cc2cc(OC)ccc2C1=O. The van der Waals surface area contributed by atoms with E-state index in [4.69, 9.17) is 9.47 Å². The fraction of sp³-hybridized carbons (Fsp3) is 0.500.